The third-order valence-corrected chi connectivity index (χ3v) is 5.78. The number of carbonyl (C=O) groups is 1. The van der Waals surface area contributed by atoms with E-state index in [1.54, 1.807) is 12.2 Å². The maximum Gasteiger partial charge on any atom is 0.237 e. The van der Waals surface area contributed by atoms with Gasteiger partial charge in [0.15, 0.2) is 0 Å². The standard InChI is InChI=1S/C18H25N3O3S/c1-3-10-19-18(22)16(2)20-11-13-21(14-12-20)25(23,24)15-9-17-7-5-4-6-8-17/h3-9,15-16H,1,10-14H2,2H3,(H,19,22)/b15-9+/t16-/m1/s1. The molecular formula is C18H25N3O3S. The minimum absolute atomic E-state index is 0.0693. The van der Waals surface area contributed by atoms with E-state index < -0.39 is 10.0 Å². The highest BCUT2D eigenvalue weighted by molar-refractivity contribution is 7.92. The van der Waals surface area contributed by atoms with Gasteiger partial charge in [0.2, 0.25) is 15.9 Å². The zero-order valence-electron chi connectivity index (χ0n) is 14.5. The first-order valence-corrected chi connectivity index (χ1v) is 9.80. The molecule has 1 saturated heterocycles. The third kappa shape index (κ3) is 5.52. The predicted octanol–water partition coefficient (Wildman–Crippen LogP) is 1.30. The van der Waals surface area contributed by atoms with E-state index in [0.29, 0.717) is 32.7 Å². The molecule has 1 aromatic carbocycles. The molecule has 1 amide bonds. The van der Waals surface area contributed by atoms with Gasteiger partial charge in [0, 0.05) is 38.1 Å². The number of hydrogen-bond donors (Lipinski definition) is 1. The molecule has 0 bridgehead atoms. The molecule has 1 atom stereocenters. The van der Waals surface area contributed by atoms with Gasteiger partial charge in [-0.25, -0.2) is 8.42 Å². The fourth-order valence-electron chi connectivity index (χ4n) is 2.65. The molecule has 6 nitrogen and oxygen atoms in total. The Hall–Kier alpha value is -1.96. The van der Waals surface area contributed by atoms with Crippen molar-refractivity contribution in [2.24, 2.45) is 0 Å². The Labute approximate surface area is 149 Å². The van der Waals surface area contributed by atoms with Crippen molar-refractivity contribution in [2.45, 2.75) is 13.0 Å². The van der Waals surface area contributed by atoms with Gasteiger partial charge in [-0.05, 0) is 18.6 Å². The summed E-state index contributed by atoms with van der Waals surface area (Å²) in [4.78, 5) is 14.0. The topological polar surface area (TPSA) is 69.7 Å². The van der Waals surface area contributed by atoms with Crippen LogP contribution in [0.1, 0.15) is 12.5 Å². The first-order valence-electron chi connectivity index (χ1n) is 8.30. The van der Waals surface area contributed by atoms with Crippen molar-refractivity contribution >= 4 is 22.0 Å². The molecule has 1 aromatic rings. The fourth-order valence-corrected chi connectivity index (χ4v) is 3.82. The van der Waals surface area contributed by atoms with Crippen molar-refractivity contribution in [2.75, 3.05) is 32.7 Å². The number of nitrogens with zero attached hydrogens (tertiary/aromatic N) is 2. The van der Waals surface area contributed by atoms with Crippen LogP contribution >= 0.6 is 0 Å². The van der Waals surface area contributed by atoms with Gasteiger partial charge in [-0.15, -0.1) is 6.58 Å². The normalized spacial score (nSPS) is 18.1. The number of rotatable bonds is 7. The second kappa shape index (κ2) is 8.94. The number of nitrogens with one attached hydrogen (secondary N) is 1. The molecule has 0 spiro atoms. The summed E-state index contributed by atoms with van der Waals surface area (Å²) in [6, 6.07) is 9.04. The van der Waals surface area contributed by atoms with E-state index in [-0.39, 0.29) is 11.9 Å². The average molecular weight is 363 g/mol. The van der Waals surface area contributed by atoms with Crippen molar-refractivity contribution in [1.82, 2.24) is 14.5 Å². The lowest BCUT2D eigenvalue weighted by Gasteiger charge is -2.36. The third-order valence-electron chi connectivity index (χ3n) is 4.21. The van der Waals surface area contributed by atoms with E-state index in [0.717, 1.165) is 5.56 Å². The number of carbonyl (C=O) groups excluding carboxylic acids is 1. The van der Waals surface area contributed by atoms with Gasteiger partial charge in [0.05, 0.1) is 6.04 Å². The van der Waals surface area contributed by atoms with Crippen molar-refractivity contribution in [3.05, 3.63) is 54.0 Å². The number of amides is 1. The molecule has 0 aliphatic carbocycles. The van der Waals surface area contributed by atoms with Gasteiger partial charge >= 0.3 is 0 Å². The quantitative estimate of drug-likeness (QED) is 0.742. The first-order chi connectivity index (χ1) is 11.9. The summed E-state index contributed by atoms with van der Waals surface area (Å²) in [5.74, 6) is -0.0693. The van der Waals surface area contributed by atoms with E-state index in [2.05, 4.69) is 11.9 Å². The Morgan fingerprint density at radius 3 is 2.48 bits per heavy atom. The summed E-state index contributed by atoms with van der Waals surface area (Å²) in [5, 5.41) is 4.02. The molecule has 2 rings (SSSR count). The summed E-state index contributed by atoms with van der Waals surface area (Å²) in [6.07, 6.45) is 3.24. The molecule has 1 aliphatic heterocycles. The Balaban J connectivity index is 1.91. The summed E-state index contributed by atoms with van der Waals surface area (Å²) in [6.45, 7) is 7.65. The second-order valence-electron chi connectivity index (χ2n) is 5.90. The first kappa shape index (κ1) is 19.4. The SMILES string of the molecule is C=CCNC(=O)[C@@H](C)N1CCN(S(=O)(=O)/C=C/c2ccccc2)CC1. The second-order valence-corrected chi connectivity index (χ2v) is 7.72. The maximum atomic E-state index is 12.4. The number of piperazine rings is 1. The molecule has 0 aromatic heterocycles. The van der Waals surface area contributed by atoms with Crippen LogP contribution in [-0.4, -0.2) is 62.3 Å². The predicted molar refractivity (Wildman–Crippen MR) is 100 cm³/mol. The summed E-state index contributed by atoms with van der Waals surface area (Å²) >= 11 is 0. The highest BCUT2D eigenvalue weighted by Gasteiger charge is 2.29. The van der Waals surface area contributed by atoms with Crippen LogP contribution in [-0.2, 0) is 14.8 Å². The van der Waals surface area contributed by atoms with Crippen molar-refractivity contribution in [3.63, 3.8) is 0 Å². The van der Waals surface area contributed by atoms with Gasteiger partial charge < -0.3 is 5.32 Å². The van der Waals surface area contributed by atoms with Gasteiger partial charge in [-0.1, -0.05) is 36.4 Å². The van der Waals surface area contributed by atoms with Gasteiger partial charge in [-0.2, -0.15) is 4.31 Å². The van der Waals surface area contributed by atoms with Crippen LogP contribution in [0.2, 0.25) is 0 Å². The lowest BCUT2D eigenvalue weighted by molar-refractivity contribution is -0.126. The van der Waals surface area contributed by atoms with Crippen LogP contribution in [0.4, 0.5) is 0 Å². The van der Waals surface area contributed by atoms with E-state index in [1.807, 2.05) is 42.2 Å². The van der Waals surface area contributed by atoms with Crippen LogP contribution in [0.15, 0.2) is 48.4 Å². The van der Waals surface area contributed by atoms with E-state index in [4.69, 9.17) is 0 Å². The molecule has 0 radical (unpaired) electrons. The lowest BCUT2D eigenvalue weighted by atomic mass is 10.2. The van der Waals surface area contributed by atoms with E-state index in [9.17, 15) is 13.2 Å². The fraction of sp³-hybridized carbons (Fsp3) is 0.389. The summed E-state index contributed by atoms with van der Waals surface area (Å²) < 4.78 is 26.3. The Kier molecular flexibility index (Phi) is 6.92. The molecule has 7 heteroatoms. The smallest absolute Gasteiger partial charge is 0.237 e. The minimum Gasteiger partial charge on any atom is -0.351 e. The van der Waals surface area contributed by atoms with Crippen LogP contribution in [0, 0.1) is 0 Å². The number of sulfonamides is 1. The molecule has 0 unspecified atom stereocenters. The molecular weight excluding hydrogens is 338 g/mol. The molecule has 1 fully saturated rings. The Morgan fingerprint density at radius 2 is 1.88 bits per heavy atom. The van der Waals surface area contributed by atoms with Crippen LogP contribution in [0.25, 0.3) is 6.08 Å². The monoisotopic (exact) mass is 363 g/mol. The molecule has 1 N–H and O–H groups in total. The largest absolute Gasteiger partial charge is 0.351 e. The van der Waals surface area contributed by atoms with E-state index >= 15 is 0 Å². The van der Waals surface area contributed by atoms with E-state index in [1.165, 1.54) is 9.71 Å². The Bertz CT molecular complexity index is 708. The van der Waals surface area contributed by atoms with Crippen LogP contribution in [0.5, 0.6) is 0 Å². The van der Waals surface area contributed by atoms with Crippen LogP contribution < -0.4 is 5.32 Å². The highest BCUT2D eigenvalue weighted by atomic mass is 32.2. The Morgan fingerprint density at radius 1 is 1.24 bits per heavy atom. The molecule has 0 saturated carbocycles. The number of benzene rings is 1. The highest BCUT2D eigenvalue weighted by Crippen LogP contribution is 2.13. The molecule has 1 heterocycles. The van der Waals surface area contributed by atoms with Crippen molar-refractivity contribution in [1.29, 1.82) is 0 Å². The summed E-state index contributed by atoms with van der Waals surface area (Å²) in [5.41, 5.74) is 0.845. The van der Waals surface area contributed by atoms with Gasteiger partial charge in [0.1, 0.15) is 0 Å². The molecule has 136 valence electrons. The van der Waals surface area contributed by atoms with Crippen molar-refractivity contribution in [3.8, 4) is 0 Å². The average Bonchev–Trinajstić information content (AvgIpc) is 2.65. The van der Waals surface area contributed by atoms with Gasteiger partial charge in [0.25, 0.3) is 0 Å². The maximum absolute atomic E-state index is 12.4. The molecule has 1 aliphatic rings. The zero-order valence-corrected chi connectivity index (χ0v) is 15.3. The van der Waals surface area contributed by atoms with Gasteiger partial charge in [-0.3, -0.25) is 9.69 Å². The zero-order chi connectivity index (χ0) is 18.3. The van der Waals surface area contributed by atoms with Crippen LogP contribution in [0.3, 0.4) is 0 Å². The molecule has 25 heavy (non-hydrogen) atoms. The minimum atomic E-state index is -3.45. The number of hydrogen-bond acceptors (Lipinski definition) is 4. The summed E-state index contributed by atoms with van der Waals surface area (Å²) in [7, 11) is -3.45. The lowest BCUT2D eigenvalue weighted by Crippen LogP contribution is -2.54. The van der Waals surface area contributed by atoms with Crippen molar-refractivity contribution < 1.29 is 13.2 Å².